The van der Waals surface area contributed by atoms with Gasteiger partial charge in [-0.05, 0) is 49.2 Å². The van der Waals surface area contributed by atoms with Gasteiger partial charge in [0, 0.05) is 24.0 Å². The Morgan fingerprint density at radius 1 is 0.792 bits per heavy atom. The third kappa shape index (κ3) is 4.42. The van der Waals surface area contributed by atoms with Crippen LogP contribution in [0.15, 0.2) is 42.5 Å². The maximum atomic E-state index is 12.1. The van der Waals surface area contributed by atoms with Crippen LogP contribution in [0.1, 0.15) is 18.1 Å². The van der Waals surface area contributed by atoms with Crippen LogP contribution in [-0.2, 0) is 14.4 Å². The Labute approximate surface area is 140 Å². The van der Waals surface area contributed by atoms with E-state index in [1.165, 1.54) is 6.92 Å². The predicted octanol–water partition coefficient (Wildman–Crippen LogP) is 2.84. The minimum absolute atomic E-state index is 0.217. The molecule has 124 valence electrons. The summed E-state index contributed by atoms with van der Waals surface area (Å²) in [6, 6.07) is 12.0. The first-order valence-corrected chi connectivity index (χ1v) is 7.43. The Morgan fingerprint density at radius 2 is 1.38 bits per heavy atom. The monoisotopic (exact) mass is 325 g/mol. The first-order valence-electron chi connectivity index (χ1n) is 7.43. The third-order valence-electron chi connectivity index (χ3n) is 3.50. The molecule has 2 aromatic carbocycles. The van der Waals surface area contributed by atoms with Gasteiger partial charge in [0.2, 0.25) is 5.91 Å². The maximum Gasteiger partial charge on any atom is 0.314 e. The molecule has 0 unspecified atom stereocenters. The van der Waals surface area contributed by atoms with E-state index in [1.807, 2.05) is 26.0 Å². The molecule has 0 aliphatic rings. The van der Waals surface area contributed by atoms with Gasteiger partial charge in [0.15, 0.2) is 0 Å². The molecule has 0 fully saturated rings. The van der Waals surface area contributed by atoms with Gasteiger partial charge in [-0.25, -0.2) is 0 Å². The van der Waals surface area contributed by atoms with Gasteiger partial charge in [-0.2, -0.15) is 0 Å². The van der Waals surface area contributed by atoms with Crippen LogP contribution < -0.4 is 16.0 Å². The molecule has 0 saturated carbocycles. The number of rotatable bonds is 3. The molecule has 3 amide bonds. The third-order valence-corrected chi connectivity index (χ3v) is 3.50. The average Bonchev–Trinajstić information content (AvgIpc) is 2.51. The normalized spacial score (nSPS) is 9.96. The second kappa shape index (κ2) is 7.41. The van der Waals surface area contributed by atoms with Crippen LogP contribution in [0.5, 0.6) is 0 Å². The van der Waals surface area contributed by atoms with Crippen molar-refractivity contribution in [2.24, 2.45) is 0 Å². The number of amides is 3. The molecule has 6 nitrogen and oxygen atoms in total. The topological polar surface area (TPSA) is 87.3 Å². The van der Waals surface area contributed by atoms with Crippen molar-refractivity contribution in [3.8, 4) is 0 Å². The summed E-state index contributed by atoms with van der Waals surface area (Å²) in [5.74, 6) is -1.75. The number of carbonyl (C=O) groups excluding carboxylic acids is 3. The van der Waals surface area contributed by atoms with Crippen molar-refractivity contribution >= 4 is 34.8 Å². The van der Waals surface area contributed by atoms with E-state index in [4.69, 9.17) is 0 Å². The van der Waals surface area contributed by atoms with E-state index in [2.05, 4.69) is 16.0 Å². The van der Waals surface area contributed by atoms with Crippen LogP contribution in [0.2, 0.25) is 0 Å². The summed E-state index contributed by atoms with van der Waals surface area (Å²) >= 11 is 0. The molecular formula is C18H19N3O3. The van der Waals surface area contributed by atoms with Gasteiger partial charge >= 0.3 is 11.8 Å². The van der Waals surface area contributed by atoms with Gasteiger partial charge in [0.25, 0.3) is 0 Å². The second-order valence-corrected chi connectivity index (χ2v) is 5.42. The van der Waals surface area contributed by atoms with Crippen molar-refractivity contribution in [3.63, 3.8) is 0 Å². The number of carbonyl (C=O) groups is 3. The van der Waals surface area contributed by atoms with Crippen molar-refractivity contribution in [1.82, 2.24) is 0 Å². The number of anilines is 3. The van der Waals surface area contributed by atoms with Gasteiger partial charge in [-0.1, -0.05) is 18.2 Å². The van der Waals surface area contributed by atoms with Crippen molar-refractivity contribution in [2.75, 3.05) is 16.0 Å². The second-order valence-electron chi connectivity index (χ2n) is 5.42. The Hall–Kier alpha value is -3.15. The first kappa shape index (κ1) is 17.2. The Bertz CT molecular complexity index is 800. The highest BCUT2D eigenvalue weighted by atomic mass is 16.2. The van der Waals surface area contributed by atoms with E-state index in [0.29, 0.717) is 17.1 Å². The number of benzene rings is 2. The lowest BCUT2D eigenvalue weighted by Gasteiger charge is -2.11. The molecule has 2 rings (SSSR count). The molecule has 0 aliphatic carbocycles. The number of nitrogens with one attached hydrogen (secondary N) is 3. The summed E-state index contributed by atoms with van der Waals surface area (Å²) in [4.78, 5) is 35.1. The first-order chi connectivity index (χ1) is 11.4. The summed E-state index contributed by atoms with van der Waals surface area (Å²) in [5.41, 5.74) is 3.49. The van der Waals surface area contributed by atoms with E-state index in [-0.39, 0.29) is 5.91 Å². The highest BCUT2D eigenvalue weighted by molar-refractivity contribution is 6.43. The average molecular weight is 325 g/mol. The molecular weight excluding hydrogens is 306 g/mol. The van der Waals surface area contributed by atoms with Gasteiger partial charge in [0.05, 0.1) is 0 Å². The number of hydrogen-bond donors (Lipinski definition) is 3. The van der Waals surface area contributed by atoms with E-state index < -0.39 is 11.8 Å². The molecule has 3 N–H and O–H groups in total. The molecule has 0 spiro atoms. The molecule has 0 heterocycles. The lowest BCUT2D eigenvalue weighted by molar-refractivity contribution is -0.133. The van der Waals surface area contributed by atoms with E-state index in [0.717, 1.165) is 11.1 Å². The van der Waals surface area contributed by atoms with Crippen LogP contribution >= 0.6 is 0 Å². The summed E-state index contributed by atoms with van der Waals surface area (Å²) in [6.45, 7) is 5.20. The van der Waals surface area contributed by atoms with Gasteiger partial charge in [0.1, 0.15) is 0 Å². The molecule has 6 heteroatoms. The molecule has 2 aromatic rings. The molecule has 0 aliphatic heterocycles. The minimum Gasteiger partial charge on any atom is -0.326 e. The fourth-order valence-electron chi connectivity index (χ4n) is 2.13. The van der Waals surface area contributed by atoms with Crippen LogP contribution in [0.25, 0.3) is 0 Å². The fourth-order valence-corrected chi connectivity index (χ4v) is 2.13. The molecule has 0 saturated heterocycles. The number of hydrogen-bond acceptors (Lipinski definition) is 3. The Morgan fingerprint density at radius 3 is 2.04 bits per heavy atom. The molecule has 0 bridgehead atoms. The van der Waals surface area contributed by atoms with Crippen LogP contribution in [0, 0.1) is 13.8 Å². The van der Waals surface area contributed by atoms with E-state index >= 15 is 0 Å². The molecule has 0 atom stereocenters. The molecule has 24 heavy (non-hydrogen) atoms. The van der Waals surface area contributed by atoms with Crippen molar-refractivity contribution < 1.29 is 14.4 Å². The van der Waals surface area contributed by atoms with Crippen LogP contribution in [0.3, 0.4) is 0 Å². The highest BCUT2D eigenvalue weighted by Crippen LogP contribution is 2.18. The Kier molecular flexibility index (Phi) is 5.31. The Balaban J connectivity index is 2.05. The van der Waals surface area contributed by atoms with Gasteiger partial charge < -0.3 is 16.0 Å². The van der Waals surface area contributed by atoms with Crippen LogP contribution in [0.4, 0.5) is 17.1 Å². The zero-order valence-corrected chi connectivity index (χ0v) is 13.8. The largest absolute Gasteiger partial charge is 0.326 e. The summed E-state index contributed by atoms with van der Waals surface area (Å²) in [5, 5.41) is 7.71. The zero-order chi connectivity index (χ0) is 17.7. The summed E-state index contributed by atoms with van der Waals surface area (Å²) in [7, 11) is 0. The lowest BCUT2D eigenvalue weighted by atomic mass is 10.1. The fraction of sp³-hybridized carbons (Fsp3) is 0.167. The smallest absolute Gasteiger partial charge is 0.314 e. The van der Waals surface area contributed by atoms with Gasteiger partial charge in [-0.3, -0.25) is 14.4 Å². The van der Waals surface area contributed by atoms with Crippen molar-refractivity contribution in [1.29, 1.82) is 0 Å². The predicted molar refractivity (Wildman–Crippen MR) is 93.9 cm³/mol. The quantitative estimate of drug-likeness (QED) is 0.758. The van der Waals surface area contributed by atoms with Crippen molar-refractivity contribution in [3.05, 3.63) is 53.6 Å². The summed E-state index contributed by atoms with van der Waals surface area (Å²) in [6.07, 6.45) is 0. The van der Waals surface area contributed by atoms with Crippen LogP contribution in [-0.4, -0.2) is 17.7 Å². The lowest BCUT2D eigenvalue weighted by Crippen LogP contribution is -2.29. The zero-order valence-electron chi connectivity index (χ0n) is 13.8. The van der Waals surface area contributed by atoms with E-state index in [1.54, 1.807) is 30.3 Å². The van der Waals surface area contributed by atoms with Crippen molar-refractivity contribution in [2.45, 2.75) is 20.8 Å². The molecule has 0 radical (unpaired) electrons. The SMILES string of the molecule is CC(=O)Nc1cccc(NC(=O)C(=O)Nc2cccc(C)c2C)c1. The minimum atomic E-state index is -0.782. The van der Waals surface area contributed by atoms with Gasteiger partial charge in [-0.15, -0.1) is 0 Å². The van der Waals surface area contributed by atoms with E-state index in [9.17, 15) is 14.4 Å². The maximum absolute atomic E-state index is 12.1. The summed E-state index contributed by atoms with van der Waals surface area (Å²) < 4.78 is 0. The highest BCUT2D eigenvalue weighted by Gasteiger charge is 2.15. The number of aryl methyl sites for hydroxylation is 1. The standard InChI is InChI=1S/C18H19N3O3/c1-11-6-4-9-16(12(11)2)21-18(24)17(23)20-15-8-5-7-14(10-15)19-13(3)22/h4-10H,1-3H3,(H,19,22)(H,20,23)(H,21,24). The molecule has 0 aromatic heterocycles.